The first-order valence-electron chi connectivity index (χ1n) is 8.67. The number of allylic oxidation sites excluding steroid dienone is 1. The number of nitrogens with one attached hydrogen (secondary N) is 1. The second kappa shape index (κ2) is 7.91. The van der Waals surface area contributed by atoms with E-state index in [1.54, 1.807) is 0 Å². The first-order valence-corrected chi connectivity index (χ1v) is 9.55. The summed E-state index contributed by atoms with van der Waals surface area (Å²) in [5.41, 5.74) is 2.71. The van der Waals surface area contributed by atoms with Gasteiger partial charge in [-0.2, -0.15) is 0 Å². The molecule has 0 saturated carbocycles. The van der Waals surface area contributed by atoms with Gasteiger partial charge in [-0.25, -0.2) is 0 Å². The van der Waals surface area contributed by atoms with Gasteiger partial charge in [0.25, 0.3) is 0 Å². The smallest absolute Gasteiger partial charge is 0.239 e. The fourth-order valence-electron chi connectivity index (χ4n) is 3.35. The number of hydrogen-bond donors (Lipinski definition) is 1. The highest BCUT2D eigenvalue weighted by Gasteiger charge is 2.23. The van der Waals surface area contributed by atoms with E-state index in [-0.39, 0.29) is 5.91 Å². The molecule has 1 aliphatic carbocycles. The third-order valence-corrected chi connectivity index (χ3v) is 5.65. The lowest BCUT2D eigenvalue weighted by Gasteiger charge is -2.33. The van der Waals surface area contributed by atoms with Crippen molar-refractivity contribution in [1.82, 2.24) is 5.32 Å². The fraction of sp³-hybridized carbons (Fsp3) is 0.526. The number of nitrogens with zero attached hydrogens (tertiary/aromatic N) is 1. The Morgan fingerprint density at radius 2 is 2.22 bits per heavy atom. The van der Waals surface area contributed by atoms with E-state index in [1.165, 1.54) is 41.8 Å². The molecule has 0 unspecified atom stereocenters. The summed E-state index contributed by atoms with van der Waals surface area (Å²) in [6.07, 6.45) is 8.41. The molecule has 0 fully saturated rings. The van der Waals surface area contributed by atoms with Gasteiger partial charge < -0.3 is 10.2 Å². The third-order valence-electron chi connectivity index (χ3n) is 4.50. The van der Waals surface area contributed by atoms with Crippen molar-refractivity contribution in [2.75, 3.05) is 24.5 Å². The Bertz CT molecular complexity index is 584. The van der Waals surface area contributed by atoms with E-state index in [2.05, 4.69) is 47.5 Å². The number of carbonyl (C=O) groups is 1. The molecule has 0 radical (unpaired) electrons. The van der Waals surface area contributed by atoms with E-state index in [1.807, 2.05) is 11.8 Å². The minimum atomic E-state index is 0.135. The molecule has 1 atom stereocenters. The molecule has 1 amide bonds. The molecule has 4 heteroatoms. The normalized spacial score (nSPS) is 20.7. The topological polar surface area (TPSA) is 32.3 Å². The van der Waals surface area contributed by atoms with Crippen LogP contribution in [0.25, 0.3) is 0 Å². The predicted molar refractivity (Wildman–Crippen MR) is 98.2 cm³/mol. The van der Waals surface area contributed by atoms with Crippen molar-refractivity contribution in [1.29, 1.82) is 0 Å². The zero-order valence-corrected chi connectivity index (χ0v) is 14.7. The minimum Gasteiger partial charge on any atom is -0.360 e. The van der Waals surface area contributed by atoms with Gasteiger partial charge in [-0.15, -0.1) is 11.8 Å². The van der Waals surface area contributed by atoms with E-state index >= 15 is 0 Å². The fourth-order valence-corrected chi connectivity index (χ4v) is 4.52. The van der Waals surface area contributed by atoms with E-state index < -0.39 is 0 Å². The van der Waals surface area contributed by atoms with E-state index in [4.69, 9.17) is 0 Å². The Morgan fingerprint density at radius 1 is 1.35 bits per heavy atom. The number of carbonyl (C=O) groups excluding carboxylic acids is 1. The maximum Gasteiger partial charge on any atom is 0.239 e. The van der Waals surface area contributed by atoms with Crippen LogP contribution < -0.4 is 10.2 Å². The summed E-state index contributed by atoms with van der Waals surface area (Å²) < 4.78 is 0. The Balaban J connectivity index is 1.50. The predicted octanol–water partition coefficient (Wildman–Crippen LogP) is 3.99. The average molecular weight is 330 g/mol. The summed E-state index contributed by atoms with van der Waals surface area (Å²) in [5.74, 6) is 0.135. The number of para-hydroxylation sites is 1. The molecule has 0 aromatic heterocycles. The molecule has 3 nitrogen and oxygen atoms in total. The highest BCUT2D eigenvalue weighted by molar-refractivity contribution is 8.00. The van der Waals surface area contributed by atoms with Crippen molar-refractivity contribution in [3.05, 3.63) is 35.9 Å². The SMILES string of the molecule is C[C@@H]1CN(CC(=O)NCCC2=CCCCC2)c2ccccc2S1. The lowest BCUT2D eigenvalue weighted by molar-refractivity contribution is -0.119. The number of anilines is 1. The average Bonchev–Trinajstić information content (AvgIpc) is 2.55. The van der Waals surface area contributed by atoms with Crippen LogP contribution in [0.5, 0.6) is 0 Å². The number of hydrogen-bond acceptors (Lipinski definition) is 3. The molecule has 23 heavy (non-hydrogen) atoms. The molecule has 2 aliphatic rings. The van der Waals surface area contributed by atoms with Gasteiger partial charge in [0.2, 0.25) is 5.91 Å². The molecule has 1 N–H and O–H groups in total. The first-order chi connectivity index (χ1) is 11.2. The first kappa shape index (κ1) is 16.4. The molecular weight excluding hydrogens is 304 g/mol. The maximum absolute atomic E-state index is 12.3. The van der Waals surface area contributed by atoms with Crippen LogP contribution in [0.4, 0.5) is 5.69 Å². The second-order valence-corrected chi connectivity index (χ2v) is 7.97. The van der Waals surface area contributed by atoms with Crippen LogP contribution in [0.15, 0.2) is 40.8 Å². The largest absolute Gasteiger partial charge is 0.360 e. The molecule has 0 saturated heterocycles. The zero-order chi connectivity index (χ0) is 16.1. The van der Waals surface area contributed by atoms with Crippen molar-refractivity contribution >= 4 is 23.4 Å². The lowest BCUT2D eigenvalue weighted by atomic mass is 9.97. The monoisotopic (exact) mass is 330 g/mol. The summed E-state index contributed by atoms with van der Waals surface area (Å²) >= 11 is 1.90. The van der Waals surface area contributed by atoms with Crippen molar-refractivity contribution in [3.8, 4) is 0 Å². The van der Waals surface area contributed by atoms with E-state index in [0.717, 1.165) is 19.5 Å². The molecule has 0 spiro atoms. The lowest BCUT2D eigenvalue weighted by Crippen LogP contribution is -2.42. The van der Waals surface area contributed by atoms with Crippen molar-refractivity contribution in [2.45, 2.75) is 49.2 Å². The highest BCUT2D eigenvalue weighted by atomic mass is 32.2. The van der Waals surface area contributed by atoms with Crippen LogP contribution in [0.1, 0.15) is 39.0 Å². The van der Waals surface area contributed by atoms with Gasteiger partial charge in [-0.3, -0.25) is 4.79 Å². The molecule has 1 aromatic rings. The van der Waals surface area contributed by atoms with Gasteiger partial charge in [0.15, 0.2) is 0 Å². The van der Waals surface area contributed by atoms with Gasteiger partial charge in [-0.1, -0.05) is 30.7 Å². The van der Waals surface area contributed by atoms with Crippen LogP contribution in [-0.4, -0.2) is 30.8 Å². The summed E-state index contributed by atoms with van der Waals surface area (Å²) in [5, 5.41) is 3.61. The molecule has 0 bridgehead atoms. The standard InChI is InChI=1S/C19H26N2OS/c1-15-13-21(17-9-5-6-10-18(17)23-15)14-19(22)20-12-11-16-7-3-2-4-8-16/h5-7,9-10,15H,2-4,8,11-14H2,1H3,(H,20,22)/t15-/m1/s1. The van der Waals surface area contributed by atoms with Crippen LogP contribution >= 0.6 is 11.8 Å². The molecule has 3 rings (SSSR count). The third kappa shape index (κ3) is 4.54. The number of amides is 1. The Kier molecular flexibility index (Phi) is 5.65. The minimum absolute atomic E-state index is 0.135. The number of rotatable bonds is 5. The Hall–Kier alpha value is -1.42. The number of benzene rings is 1. The van der Waals surface area contributed by atoms with Crippen molar-refractivity contribution < 1.29 is 4.79 Å². The molecular formula is C19H26N2OS. The summed E-state index contributed by atoms with van der Waals surface area (Å²) in [7, 11) is 0. The number of thioether (sulfide) groups is 1. The van der Waals surface area contributed by atoms with Gasteiger partial charge in [0, 0.05) is 23.2 Å². The van der Waals surface area contributed by atoms with Crippen LogP contribution in [-0.2, 0) is 4.79 Å². The van der Waals surface area contributed by atoms with Crippen LogP contribution in [0, 0.1) is 0 Å². The van der Waals surface area contributed by atoms with E-state index in [0.29, 0.717) is 11.8 Å². The quantitative estimate of drug-likeness (QED) is 0.829. The molecule has 124 valence electrons. The maximum atomic E-state index is 12.3. The van der Waals surface area contributed by atoms with Gasteiger partial charge in [0.1, 0.15) is 0 Å². The summed E-state index contributed by atoms with van der Waals surface area (Å²) in [6, 6.07) is 8.39. The van der Waals surface area contributed by atoms with E-state index in [9.17, 15) is 4.79 Å². The Morgan fingerprint density at radius 3 is 3.04 bits per heavy atom. The zero-order valence-electron chi connectivity index (χ0n) is 13.9. The van der Waals surface area contributed by atoms with Crippen molar-refractivity contribution in [3.63, 3.8) is 0 Å². The summed E-state index contributed by atoms with van der Waals surface area (Å²) in [4.78, 5) is 15.8. The van der Waals surface area contributed by atoms with Gasteiger partial charge in [0.05, 0.1) is 12.2 Å². The highest BCUT2D eigenvalue weighted by Crippen LogP contribution is 2.37. The van der Waals surface area contributed by atoms with Crippen LogP contribution in [0.2, 0.25) is 0 Å². The Labute approximate surface area is 143 Å². The molecule has 1 heterocycles. The number of fused-ring (bicyclic) bond motifs is 1. The summed E-state index contributed by atoms with van der Waals surface area (Å²) in [6.45, 7) is 4.38. The second-order valence-electron chi connectivity index (χ2n) is 6.48. The van der Waals surface area contributed by atoms with Crippen LogP contribution in [0.3, 0.4) is 0 Å². The van der Waals surface area contributed by atoms with Gasteiger partial charge >= 0.3 is 0 Å². The van der Waals surface area contributed by atoms with Crippen molar-refractivity contribution in [2.24, 2.45) is 0 Å². The van der Waals surface area contributed by atoms with Gasteiger partial charge in [-0.05, 0) is 44.2 Å². The molecule has 1 aromatic carbocycles. The molecule has 1 aliphatic heterocycles.